The van der Waals surface area contributed by atoms with Crippen LogP contribution in [-0.2, 0) is 4.74 Å². The van der Waals surface area contributed by atoms with Crippen molar-refractivity contribution in [2.45, 2.75) is 38.4 Å². The highest BCUT2D eigenvalue weighted by atomic mass is 16.7. The van der Waals surface area contributed by atoms with E-state index >= 15 is 0 Å². The van der Waals surface area contributed by atoms with Crippen LogP contribution in [0.2, 0.25) is 0 Å². The van der Waals surface area contributed by atoms with E-state index in [2.05, 4.69) is 0 Å². The molecule has 28 heavy (non-hydrogen) atoms. The number of aliphatic hydroxyl groups excluding tert-OH is 3. The molecule has 4 atom stereocenters. The van der Waals surface area contributed by atoms with Gasteiger partial charge in [-0.15, -0.1) is 0 Å². The third-order valence-electron chi connectivity index (χ3n) is 4.72. The van der Waals surface area contributed by atoms with E-state index < -0.39 is 24.6 Å². The number of hydrogen-bond donors (Lipinski definition) is 3. The smallest absolute Gasteiger partial charge is 0.228 e. The zero-order valence-corrected chi connectivity index (χ0v) is 15.5. The number of ether oxygens (including phenoxy) is 2. The van der Waals surface area contributed by atoms with Crippen molar-refractivity contribution in [2.24, 2.45) is 0 Å². The number of hydrogen-bond acceptors (Lipinski definition) is 7. The second-order valence-corrected chi connectivity index (χ2v) is 6.82. The van der Waals surface area contributed by atoms with Gasteiger partial charge in [-0.05, 0) is 61.4 Å². The summed E-state index contributed by atoms with van der Waals surface area (Å²) in [7, 11) is 0. The minimum atomic E-state index is -1.40. The van der Waals surface area contributed by atoms with Gasteiger partial charge in [0.05, 0.1) is 18.2 Å². The van der Waals surface area contributed by atoms with Crippen molar-refractivity contribution in [3.63, 3.8) is 0 Å². The summed E-state index contributed by atoms with van der Waals surface area (Å²) in [4.78, 5) is 12.9. The summed E-state index contributed by atoms with van der Waals surface area (Å²) in [5.41, 5.74) is 2.83. The summed E-state index contributed by atoms with van der Waals surface area (Å²) in [6.07, 6.45) is -5.06. The van der Waals surface area contributed by atoms with Gasteiger partial charge >= 0.3 is 0 Å². The highest BCUT2D eigenvalue weighted by Gasteiger charge is 2.39. The first-order valence-electron chi connectivity index (χ1n) is 8.80. The van der Waals surface area contributed by atoms with Crippen molar-refractivity contribution < 1.29 is 29.6 Å². The predicted molar refractivity (Wildman–Crippen MR) is 98.9 cm³/mol. The lowest BCUT2D eigenvalue weighted by Crippen LogP contribution is -2.54. The van der Waals surface area contributed by atoms with Crippen LogP contribution in [0, 0.1) is 25.2 Å². The van der Waals surface area contributed by atoms with Crippen LogP contribution in [0.1, 0.15) is 32.6 Å². The van der Waals surface area contributed by atoms with E-state index in [9.17, 15) is 20.1 Å². The molecule has 0 saturated carbocycles. The standard InChI is InChI=1S/C21H21NO6/c1-11-7-15(28-21-20(26)19(25)16(23)10-27-21)8-12(2)17(11)18(24)14-5-3-13(9-22)4-6-14/h3-8,16,19-21,23,25-26H,10H2,1-2H3/t16-,19-,20+,21+/m0/s1. The molecule has 0 aromatic heterocycles. The third kappa shape index (κ3) is 3.91. The van der Waals surface area contributed by atoms with Crippen molar-refractivity contribution in [3.8, 4) is 11.8 Å². The molecule has 2 aromatic carbocycles. The molecule has 0 bridgehead atoms. The average Bonchev–Trinajstić information content (AvgIpc) is 2.68. The summed E-state index contributed by atoms with van der Waals surface area (Å²) in [5.74, 6) is 0.206. The first-order valence-corrected chi connectivity index (χ1v) is 8.80. The van der Waals surface area contributed by atoms with Crippen LogP contribution in [0.4, 0.5) is 0 Å². The van der Waals surface area contributed by atoms with Gasteiger partial charge in [-0.1, -0.05) is 0 Å². The molecule has 7 nitrogen and oxygen atoms in total. The molecule has 3 rings (SSSR count). The second-order valence-electron chi connectivity index (χ2n) is 6.82. The van der Waals surface area contributed by atoms with E-state index in [0.717, 1.165) is 0 Å². The van der Waals surface area contributed by atoms with Crippen molar-refractivity contribution >= 4 is 5.78 Å². The summed E-state index contributed by atoms with van der Waals surface area (Å²) in [5, 5.41) is 38.2. The van der Waals surface area contributed by atoms with E-state index in [-0.39, 0.29) is 12.4 Å². The van der Waals surface area contributed by atoms with Crippen molar-refractivity contribution in [2.75, 3.05) is 6.61 Å². The highest BCUT2D eigenvalue weighted by Crippen LogP contribution is 2.27. The Kier molecular flexibility index (Phi) is 5.77. The molecule has 1 aliphatic rings. The fourth-order valence-corrected chi connectivity index (χ4v) is 3.21. The van der Waals surface area contributed by atoms with Gasteiger partial charge < -0.3 is 24.8 Å². The molecule has 0 aliphatic carbocycles. The van der Waals surface area contributed by atoms with Crippen LogP contribution in [0.15, 0.2) is 36.4 Å². The number of ketones is 1. The van der Waals surface area contributed by atoms with Crippen molar-refractivity contribution in [3.05, 3.63) is 64.2 Å². The molecule has 1 fully saturated rings. The number of aliphatic hydroxyl groups is 3. The Bertz CT molecular complexity index is 894. The molecule has 3 N–H and O–H groups in total. The first kappa shape index (κ1) is 20.0. The largest absolute Gasteiger partial charge is 0.462 e. The van der Waals surface area contributed by atoms with Crippen LogP contribution in [0.5, 0.6) is 5.75 Å². The zero-order chi connectivity index (χ0) is 20.4. The molecule has 1 aliphatic heterocycles. The first-order chi connectivity index (χ1) is 13.3. The van der Waals surface area contributed by atoms with Gasteiger partial charge in [-0.2, -0.15) is 5.26 Å². The zero-order valence-electron chi connectivity index (χ0n) is 15.5. The number of carbonyl (C=O) groups is 1. The summed E-state index contributed by atoms with van der Waals surface area (Å²) in [6, 6.07) is 11.7. The molecule has 0 radical (unpaired) electrons. The molecular weight excluding hydrogens is 362 g/mol. The molecular formula is C21H21NO6. The number of rotatable bonds is 4. The van der Waals surface area contributed by atoms with Gasteiger partial charge in [0, 0.05) is 11.1 Å². The van der Waals surface area contributed by atoms with Gasteiger partial charge in [0.25, 0.3) is 0 Å². The number of benzene rings is 2. The minimum Gasteiger partial charge on any atom is -0.462 e. The lowest BCUT2D eigenvalue weighted by Gasteiger charge is -2.35. The van der Waals surface area contributed by atoms with Crippen LogP contribution >= 0.6 is 0 Å². The number of carbonyl (C=O) groups excluding carboxylic acids is 1. The Labute approximate surface area is 162 Å². The fourth-order valence-electron chi connectivity index (χ4n) is 3.21. The van der Waals surface area contributed by atoms with Crippen LogP contribution in [0.3, 0.4) is 0 Å². The van der Waals surface area contributed by atoms with E-state index in [1.807, 2.05) is 6.07 Å². The van der Waals surface area contributed by atoms with Gasteiger partial charge in [-0.25, -0.2) is 0 Å². The van der Waals surface area contributed by atoms with Gasteiger partial charge in [0.15, 0.2) is 5.78 Å². The van der Waals surface area contributed by atoms with E-state index in [1.54, 1.807) is 50.2 Å². The second kappa shape index (κ2) is 8.09. The quantitative estimate of drug-likeness (QED) is 0.679. The maximum atomic E-state index is 12.9. The van der Waals surface area contributed by atoms with E-state index in [4.69, 9.17) is 14.7 Å². The van der Waals surface area contributed by atoms with Gasteiger partial charge in [0.1, 0.15) is 24.1 Å². The monoisotopic (exact) mass is 383 g/mol. The number of nitrogens with zero attached hydrogens (tertiary/aromatic N) is 1. The van der Waals surface area contributed by atoms with Crippen molar-refractivity contribution in [1.29, 1.82) is 5.26 Å². The summed E-state index contributed by atoms with van der Waals surface area (Å²) in [6.45, 7) is 3.39. The number of aryl methyl sites for hydroxylation is 2. The Hall–Kier alpha value is -2.76. The normalized spacial score (nSPS) is 24.4. The van der Waals surface area contributed by atoms with Gasteiger partial charge in [0.2, 0.25) is 6.29 Å². The molecule has 0 amide bonds. The molecule has 0 spiro atoms. The molecule has 146 valence electrons. The summed E-state index contributed by atoms with van der Waals surface area (Å²) >= 11 is 0. The van der Waals surface area contributed by atoms with Crippen LogP contribution in [0.25, 0.3) is 0 Å². The summed E-state index contributed by atoms with van der Waals surface area (Å²) < 4.78 is 10.9. The van der Waals surface area contributed by atoms with Crippen LogP contribution < -0.4 is 4.74 Å². The lowest BCUT2D eigenvalue weighted by molar-refractivity contribution is -0.242. The van der Waals surface area contributed by atoms with Crippen LogP contribution in [-0.4, -0.2) is 52.3 Å². The minimum absolute atomic E-state index is 0.157. The fraction of sp³-hybridized carbons (Fsp3) is 0.333. The molecule has 7 heteroatoms. The Morgan fingerprint density at radius 1 is 1.11 bits per heavy atom. The lowest BCUT2D eigenvalue weighted by atomic mass is 9.94. The third-order valence-corrected chi connectivity index (χ3v) is 4.72. The number of nitriles is 1. The van der Waals surface area contributed by atoms with E-state index in [0.29, 0.717) is 33.6 Å². The molecule has 1 saturated heterocycles. The Balaban J connectivity index is 1.82. The Morgan fingerprint density at radius 2 is 1.71 bits per heavy atom. The molecule has 2 aromatic rings. The van der Waals surface area contributed by atoms with Crippen molar-refractivity contribution in [1.82, 2.24) is 0 Å². The molecule has 0 unspecified atom stereocenters. The molecule has 1 heterocycles. The predicted octanol–water partition coefficient (Wildman–Crippen LogP) is 1.22. The SMILES string of the molecule is Cc1cc(O[C@H]2OC[C@H](O)[C@H](O)[C@H]2O)cc(C)c1C(=O)c1ccc(C#N)cc1. The maximum Gasteiger partial charge on any atom is 0.228 e. The van der Waals surface area contributed by atoms with E-state index in [1.165, 1.54) is 0 Å². The highest BCUT2D eigenvalue weighted by molar-refractivity contribution is 6.10. The van der Waals surface area contributed by atoms with Gasteiger partial charge in [-0.3, -0.25) is 4.79 Å². The topological polar surface area (TPSA) is 120 Å². The average molecular weight is 383 g/mol. The Morgan fingerprint density at radius 3 is 2.29 bits per heavy atom. The maximum absolute atomic E-state index is 12.9.